The van der Waals surface area contributed by atoms with Crippen LogP contribution in [0.4, 0.5) is 11.4 Å². The molecule has 7 nitrogen and oxygen atoms in total. The van der Waals surface area contributed by atoms with Crippen LogP contribution in [0.3, 0.4) is 0 Å². The maximum Gasteiger partial charge on any atom is 0.240 e. The van der Waals surface area contributed by atoms with Gasteiger partial charge in [-0.15, -0.1) is 0 Å². The van der Waals surface area contributed by atoms with Crippen molar-refractivity contribution in [2.45, 2.75) is 10.9 Å². The van der Waals surface area contributed by atoms with Gasteiger partial charge in [-0.05, 0) is 25.2 Å². The van der Waals surface area contributed by atoms with Crippen molar-refractivity contribution in [3.63, 3.8) is 0 Å². The number of sulfonamides is 1. The van der Waals surface area contributed by atoms with Gasteiger partial charge in [-0.25, -0.2) is 13.1 Å². The van der Waals surface area contributed by atoms with Crippen molar-refractivity contribution in [2.75, 3.05) is 31.3 Å². The van der Waals surface area contributed by atoms with Gasteiger partial charge in [-0.2, -0.15) is 0 Å². The second kappa shape index (κ2) is 6.01. The molecule has 0 aliphatic carbocycles. The first kappa shape index (κ1) is 14.7. The van der Waals surface area contributed by atoms with Gasteiger partial charge in [0.1, 0.15) is 0 Å². The van der Waals surface area contributed by atoms with E-state index in [2.05, 4.69) is 10.0 Å². The van der Waals surface area contributed by atoms with Crippen LogP contribution in [0.1, 0.15) is 0 Å². The summed E-state index contributed by atoms with van der Waals surface area (Å²) in [6.07, 6.45) is 0. The summed E-state index contributed by atoms with van der Waals surface area (Å²) in [6.45, 7) is -0.585. The molecule has 0 aliphatic heterocycles. The molecule has 0 saturated heterocycles. The zero-order chi connectivity index (χ0) is 13.8. The van der Waals surface area contributed by atoms with Crippen LogP contribution < -0.4 is 15.8 Å². The molecule has 0 amide bonds. The number of anilines is 2. The highest BCUT2D eigenvalue weighted by Crippen LogP contribution is 2.23. The molecule has 18 heavy (non-hydrogen) atoms. The second-order valence-electron chi connectivity index (χ2n) is 3.66. The van der Waals surface area contributed by atoms with Gasteiger partial charge in [-0.3, -0.25) is 0 Å². The number of benzene rings is 1. The standard InChI is InChI=1S/C10H17N3O4S/c1-12-18(16,17)8-2-3-9(11)10(4-8)13-7(5-14)6-15/h2-4,7,12-15H,5-6,11H2,1H3. The van der Waals surface area contributed by atoms with Crippen LogP contribution in [-0.4, -0.2) is 44.9 Å². The summed E-state index contributed by atoms with van der Waals surface area (Å²) in [4.78, 5) is 0.0522. The van der Waals surface area contributed by atoms with Crippen molar-refractivity contribution in [2.24, 2.45) is 0 Å². The molecule has 8 heteroatoms. The first-order valence-corrected chi connectivity index (χ1v) is 6.74. The fourth-order valence-corrected chi connectivity index (χ4v) is 2.07. The van der Waals surface area contributed by atoms with E-state index < -0.39 is 16.1 Å². The molecule has 6 N–H and O–H groups in total. The van der Waals surface area contributed by atoms with Gasteiger partial charge in [0, 0.05) is 0 Å². The smallest absolute Gasteiger partial charge is 0.240 e. The zero-order valence-corrected chi connectivity index (χ0v) is 10.7. The van der Waals surface area contributed by atoms with Crippen LogP contribution in [0.15, 0.2) is 23.1 Å². The lowest BCUT2D eigenvalue weighted by Crippen LogP contribution is -2.28. The number of aliphatic hydroxyl groups is 2. The number of nitrogens with two attached hydrogens (primary N) is 1. The molecule has 0 atom stereocenters. The monoisotopic (exact) mass is 275 g/mol. The molecule has 0 spiro atoms. The number of hydrogen-bond acceptors (Lipinski definition) is 6. The average molecular weight is 275 g/mol. The van der Waals surface area contributed by atoms with Gasteiger partial charge in [0.25, 0.3) is 0 Å². The van der Waals surface area contributed by atoms with Gasteiger partial charge >= 0.3 is 0 Å². The molecule has 0 bridgehead atoms. The van der Waals surface area contributed by atoms with Gasteiger partial charge in [0.05, 0.1) is 35.5 Å². The molecule has 102 valence electrons. The van der Waals surface area contributed by atoms with Crippen molar-refractivity contribution in [3.8, 4) is 0 Å². The third kappa shape index (κ3) is 3.33. The number of nitrogens with one attached hydrogen (secondary N) is 2. The molecule has 1 aromatic carbocycles. The van der Waals surface area contributed by atoms with E-state index in [1.165, 1.54) is 25.2 Å². The lowest BCUT2D eigenvalue weighted by Gasteiger charge is -2.17. The molecule has 1 aromatic rings. The van der Waals surface area contributed by atoms with Crippen LogP contribution in [0.2, 0.25) is 0 Å². The van der Waals surface area contributed by atoms with Gasteiger partial charge < -0.3 is 21.3 Å². The van der Waals surface area contributed by atoms with Crippen LogP contribution in [-0.2, 0) is 10.0 Å². The van der Waals surface area contributed by atoms with Gasteiger partial charge in [0.15, 0.2) is 0 Å². The Bertz CT molecular complexity index is 500. The Morgan fingerprint density at radius 3 is 2.44 bits per heavy atom. The molecule has 0 saturated carbocycles. The number of aliphatic hydroxyl groups excluding tert-OH is 2. The predicted molar refractivity (Wildman–Crippen MR) is 68.7 cm³/mol. The van der Waals surface area contributed by atoms with Crippen LogP contribution in [0.5, 0.6) is 0 Å². The van der Waals surface area contributed by atoms with Crippen LogP contribution in [0, 0.1) is 0 Å². The Labute approximate surface area is 106 Å². The molecule has 0 aliphatic rings. The summed E-state index contributed by atoms with van der Waals surface area (Å²) in [5, 5.41) is 20.7. The molecular weight excluding hydrogens is 258 g/mol. The highest BCUT2D eigenvalue weighted by Gasteiger charge is 2.14. The molecule has 0 aromatic heterocycles. The molecule has 0 fully saturated rings. The topological polar surface area (TPSA) is 125 Å². The van der Waals surface area contributed by atoms with Crippen molar-refractivity contribution in [1.82, 2.24) is 4.72 Å². The van der Waals surface area contributed by atoms with Crippen LogP contribution >= 0.6 is 0 Å². The van der Waals surface area contributed by atoms with E-state index in [-0.39, 0.29) is 18.1 Å². The van der Waals surface area contributed by atoms with Crippen LogP contribution in [0.25, 0.3) is 0 Å². The summed E-state index contributed by atoms with van der Waals surface area (Å²) in [7, 11) is -2.25. The number of rotatable bonds is 6. The van der Waals surface area contributed by atoms with E-state index in [1.807, 2.05) is 0 Å². The minimum absolute atomic E-state index is 0.0522. The van der Waals surface area contributed by atoms with Crippen molar-refractivity contribution < 1.29 is 18.6 Å². The lowest BCUT2D eigenvalue weighted by atomic mass is 10.2. The van der Waals surface area contributed by atoms with E-state index in [4.69, 9.17) is 15.9 Å². The Hall–Kier alpha value is -1.35. The minimum Gasteiger partial charge on any atom is -0.397 e. The Morgan fingerprint density at radius 2 is 1.94 bits per heavy atom. The molecule has 0 unspecified atom stereocenters. The van der Waals surface area contributed by atoms with E-state index in [9.17, 15) is 8.42 Å². The Morgan fingerprint density at radius 1 is 1.33 bits per heavy atom. The Balaban J connectivity index is 3.09. The van der Waals surface area contributed by atoms with E-state index >= 15 is 0 Å². The summed E-state index contributed by atoms with van der Waals surface area (Å²) >= 11 is 0. The molecule has 0 heterocycles. The number of nitrogen functional groups attached to an aromatic ring is 1. The highest BCUT2D eigenvalue weighted by atomic mass is 32.2. The second-order valence-corrected chi connectivity index (χ2v) is 5.55. The maximum absolute atomic E-state index is 11.6. The van der Waals surface area contributed by atoms with Crippen molar-refractivity contribution in [3.05, 3.63) is 18.2 Å². The van der Waals surface area contributed by atoms with E-state index in [0.29, 0.717) is 11.4 Å². The predicted octanol–water partition coefficient (Wildman–Crippen LogP) is -1.06. The Kier molecular flexibility index (Phi) is 4.91. The quantitative estimate of drug-likeness (QED) is 0.422. The maximum atomic E-state index is 11.6. The summed E-state index contributed by atoms with van der Waals surface area (Å²) < 4.78 is 25.4. The highest BCUT2D eigenvalue weighted by molar-refractivity contribution is 7.89. The zero-order valence-electron chi connectivity index (χ0n) is 9.92. The van der Waals surface area contributed by atoms with Crippen molar-refractivity contribution >= 4 is 21.4 Å². The molecular formula is C10H17N3O4S. The fraction of sp³-hybridized carbons (Fsp3) is 0.400. The van der Waals surface area contributed by atoms with Gasteiger partial charge in [0.2, 0.25) is 10.0 Å². The van der Waals surface area contributed by atoms with E-state index in [0.717, 1.165) is 0 Å². The largest absolute Gasteiger partial charge is 0.397 e. The average Bonchev–Trinajstić information content (AvgIpc) is 2.37. The first-order chi connectivity index (χ1) is 8.44. The van der Waals surface area contributed by atoms with E-state index in [1.54, 1.807) is 0 Å². The number of hydrogen-bond donors (Lipinski definition) is 5. The summed E-state index contributed by atoms with van der Waals surface area (Å²) in [5.41, 5.74) is 6.37. The van der Waals surface area contributed by atoms with Crippen molar-refractivity contribution in [1.29, 1.82) is 0 Å². The lowest BCUT2D eigenvalue weighted by molar-refractivity contribution is 0.204. The first-order valence-electron chi connectivity index (χ1n) is 5.26. The SMILES string of the molecule is CNS(=O)(=O)c1ccc(N)c(NC(CO)CO)c1. The molecule has 0 radical (unpaired) electrons. The fourth-order valence-electron chi connectivity index (χ4n) is 1.31. The minimum atomic E-state index is -3.56. The molecule has 1 rings (SSSR count). The normalized spacial score (nSPS) is 11.8. The third-order valence-electron chi connectivity index (χ3n) is 2.40. The van der Waals surface area contributed by atoms with Gasteiger partial charge in [-0.1, -0.05) is 0 Å². The summed E-state index contributed by atoms with van der Waals surface area (Å²) in [6, 6.07) is 3.57. The third-order valence-corrected chi connectivity index (χ3v) is 3.82. The summed E-state index contributed by atoms with van der Waals surface area (Å²) in [5.74, 6) is 0.